The molecule has 0 bridgehead atoms. The minimum Gasteiger partial charge on any atom is -0.240 e. The molecule has 1 rings (SSSR count). The van der Waals surface area contributed by atoms with Crippen molar-refractivity contribution in [3.8, 4) is 0 Å². The van der Waals surface area contributed by atoms with E-state index in [2.05, 4.69) is 4.98 Å². The van der Waals surface area contributed by atoms with Crippen molar-refractivity contribution in [1.82, 2.24) is 4.98 Å². The zero-order valence-electron chi connectivity index (χ0n) is 4.54. The summed E-state index contributed by atoms with van der Waals surface area (Å²) in [7, 11) is 0. The number of pyridine rings is 1. The van der Waals surface area contributed by atoms with E-state index in [1.807, 2.05) is 0 Å². The summed E-state index contributed by atoms with van der Waals surface area (Å²) in [6.45, 7) is 0. The fourth-order valence-corrected chi connectivity index (χ4v) is 0.884. The van der Waals surface area contributed by atoms with Crippen LogP contribution in [0.1, 0.15) is 0 Å². The van der Waals surface area contributed by atoms with Crippen LogP contribution in [0, 0.1) is 5.82 Å². The summed E-state index contributed by atoms with van der Waals surface area (Å²) in [4.78, 5) is 3.41. The van der Waals surface area contributed by atoms with E-state index in [-0.39, 0.29) is 15.2 Å². The van der Waals surface area contributed by atoms with Crippen LogP contribution in [-0.4, -0.2) is 4.98 Å². The third kappa shape index (κ3) is 1.34. The summed E-state index contributed by atoms with van der Waals surface area (Å²) in [5.41, 5.74) is 0. The Morgan fingerprint density at radius 1 is 1.30 bits per heavy atom. The summed E-state index contributed by atoms with van der Waals surface area (Å²) in [5, 5.41) is -0.403. The van der Waals surface area contributed by atoms with E-state index >= 15 is 0 Å². The molecule has 0 saturated carbocycles. The van der Waals surface area contributed by atoms with Crippen LogP contribution in [0.5, 0.6) is 0 Å². The van der Waals surface area contributed by atoms with Crippen LogP contribution in [0.3, 0.4) is 0 Å². The van der Waals surface area contributed by atoms with Gasteiger partial charge in [-0.3, -0.25) is 0 Å². The summed E-state index contributed by atoms with van der Waals surface area (Å²) in [5.74, 6) is -0.782. The third-order valence-electron chi connectivity index (χ3n) is 0.875. The molecule has 0 radical (unpaired) electrons. The highest BCUT2D eigenvalue weighted by molar-refractivity contribution is 6.42. The fraction of sp³-hybridized carbons (Fsp3) is 0. The average Bonchev–Trinajstić information content (AvgIpc) is 1.93. The Kier molecular flexibility index (Phi) is 2.34. The second-order valence-corrected chi connectivity index (χ2v) is 2.67. The normalized spacial score (nSPS) is 10.0. The van der Waals surface area contributed by atoms with Gasteiger partial charge in [-0.05, 0) is 0 Å². The van der Waals surface area contributed by atoms with Gasteiger partial charge >= 0.3 is 0 Å². The second-order valence-electron chi connectivity index (χ2n) is 1.52. The van der Waals surface area contributed by atoms with Gasteiger partial charge in [0.2, 0.25) is 0 Å². The molecular weight excluding hydrogens is 199 g/mol. The zero-order valence-corrected chi connectivity index (χ0v) is 6.80. The summed E-state index contributed by atoms with van der Waals surface area (Å²) in [6.07, 6.45) is 1.19. The first-order valence-corrected chi connectivity index (χ1v) is 3.41. The van der Waals surface area contributed by atoms with Gasteiger partial charge in [0.25, 0.3) is 0 Å². The van der Waals surface area contributed by atoms with Crippen LogP contribution in [0.2, 0.25) is 15.2 Å². The van der Waals surface area contributed by atoms with Crippen molar-refractivity contribution >= 4 is 34.8 Å². The van der Waals surface area contributed by atoms with Crippen LogP contribution >= 0.6 is 34.8 Å². The van der Waals surface area contributed by atoms with Gasteiger partial charge in [0.15, 0.2) is 11.0 Å². The Balaban J connectivity index is 3.34. The van der Waals surface area contributed by atoms with Crippen molar-refractivity contribution in [3.05, 3.63) is 27.2 Å². The molecule has 0 unspecified atom stereocenters. The van der Waals surface area contributed by atoms with E-state index in [0.717, 1.165) is 0 Å². The molecule has 0 aliphatic carbocycles. The first-order valence-electron chi connectivity index (χ1n) is 2.28. The van der Waals surface area contributed by atoms with E-state index < -0.39 is 5.82 Å². The van der Waals surface area contributed by atoms with E-state index in [0.29, 0.717) is 0 Å². The van der Waals surface area contributed by atoms with Gasteiger partial charge in [0.05, 0.1) is 10.0 Å². The van der Waals surface area contributed by atoms with Crippen molar-refractivity contribution in [3.63, 3.8) is 0 Å². The van der Waals surface area contributed by atoms with Gasteiger partial charge in [-0.15, -0.1) is 0 Å². The van der Waals surface area contributed by atoms with Crippen molar-refractivity contribution in [2.75, 3.05) is 0 Å². The molecule has 54 valence electrons. The van der Waals surface area contributed by atoms with E-state index in [4.69, 9.17) is 34.8 Å². The molecule has 0 atom stereocenters. The fourth-order valence-electron chi connectivity index (χ4n) is 0.422. The first kappa shape index (κ1) is 8.05. The van der Waals surface area contributed by atoms with Gasteiger partial charge in [-0.2, -0.15) is 0 Å². The lowest BCUT2D eigenvalue weighted by Crippen LogP contribution is -1.83. The topological polar surface area (TPSA) is 12.9 Å². The number of aromatic nitrogens is 1. The van der Waals surface area contributed by atoms with E-state index in [9.17, 15) is 4.39 Å². The Hall–Kier alpha value is -0.0500. The Morgan fingerprint density at radius 3 is 2.40 bits per heavy atom. The smallest absolute Gasteiger partial charge is 0.180 e. The predicted octanol–water partition coefficient (Wildman–Crippen LogP) is 3.18. The molecule has 0 amide bonds. The SMILES string of the molecule is Fc1c(Cl)ncc(Cl)c1Cl. The Morgan fingerprint density at radius 2 is 1.90 bits per heavy atom. The highest BCUT2D eigenvalue weighted by Gasteiger charge is 2.08. The molecule has 5 heteroatoms. The molecule has 0 aliphatic heterocycles. The largest absolute Gasteiger partial charge is 0.240 e. The zero-order chi connectivity index (χ0) is 7.72. The molecule has 0 saturated heterocycles. The maximum absolute atomic E-state index is 12.6. The summed E-state index contributed by atoms with van der Waals surface area (Å²) >= 11 is 16.0. The lowest BCUT2D eigenvalue weighted by atomic mass is 10.5. The molecule has 0 aliphatic rings. The lowest BCUT2D eigenvalue weighted by Gasteiger charge is -1.96. The molecule has 1 aromatic heterocycles. The number of halogens is 4. The maximum Gasteiger partial charge on any atom is 0.180 e. The molecule has 0 fully saturated rings. The van der Waals surface area contributed by atoms with Crippen molar-refractivity contribution < 1.29 is 4.39 Å². The van der Waals surface area contributed by atoms with Crippen molar-refractivity contribution in [2.24, 2.45) is 0 Å². The minimum absolute atomic E-state index is 0.0589. The average molecular weight is 200 g/mol. The van der Waals surface area contributed by atoms with E-state index in [1.54, 1.807) is 0 Å². The highest BCUT2D eigenvalue weighted by Crippen LogP contribution is 2.27. The second kappa shape index (κ2) is 2.91. The quantitative estimate of drug-likeness (QED) is 0.586. The monoisotopic (exact) mass is 199 g/mol. The summed E-state index contributed by atoms with van der Waals surface area (Å²) in [6, 6.07) is 0. The summed E-state index contributed by atoms with van der Waals surface area (Å²) < 4.78 is 12.6. The predicted molar refractivity (Wildman–Crippen MR) is 39.2 cm³/mol. The molecule has 0 spiro atoms. The van der Waals surface area contributed by atoms with Gasteiger partial charge < -0.3 is 0 Å². The van der Waals surface area contributed by atoms with Gasteiger partial charge in [0, 0.05) is 6.20 Å². The van der Waals surface area contributed by atoms with E-state index in [1.165, 1.54) is 6.20 Å². The van der Waals surface area contributed by atoms with Crippen LogP contribution in [-0.2, 0) is 0 Å². The van der Waals surface area contributed by atoms with Gasteiger partial charge in [0.1, 0.15) is 0 Å². The molecule has 1 aromatic rings. The van der Waals surface area contributed by atoms with Crippen molar-refractivity contribution in [1.29, 1.82) is 0 Å². The lowest BCUT2D eigenvalue weighted by molar-refractivity contribution is 0.622. The van der Waals surface area contributed by atoms with Crippen LogP contribution < -0.4 is 0 Å². The molecule has 0 N–H and O–H groups in total. The van der Waals surface area contributed by atoms with Crippen molar-refractivity contribution in [2.45, 2.75) is 0 Å². The molecule has 1 heterocycles. The molecule has 10 heavy (non-hydrogen) atoms. The minimum atomic E-state index is -0.782. The van der Waals surface area contributed by atoms with Crippen LogP contribution in [0.15, 0.2) is 6.20 Å². The third-order valence-corrected chi connectivity index (χ3v) is 1.89. The van der Waals surface area contributed by atoms with Gasteiger partial charge in [-0.1, -0.05) is 34.8 Å². The number of rotatable bonds is 0. The maximum atomic E-state index is 12.6. The first-order chi connectivity index (χ1) is 4.63. The molecular formula is C5HCl3FN. The van der Waals surface area contributed by atoms with Gasteiger partial charge in [-0.25, -0.2) is 9.37 Å². The standard InChI is InChI=1S/C5HCl3FN/c6-2-1-10-5(8)4(9)3(2)7/h1H. The van der Waals surface area contributed by atoms with Crippen LogP contribution in [0.4, 0.5) is 4.39 Å². The number of nitrogens with zero attached hydrogens (tertiary/aromatic N) is 1. The van der Waals surface area contributed by atoms with Crippen LogP contribution in [0.25, 0.3) is 0 Å². The molecule has 1 nitrogen and oxygen atoms in total. The number of hydrogen-bond donors (Lipinski definition) is 0. The number of hydrogen-bond acceptors (Lipinski definition) is 1. The highest BCUT2D eigenvalue weighted by atomic mass is 35.5. The Labute approximate surface area is 71.7 Å². The Bertz CT molecular complexity index is 236. The molecule has 0 aromatic carbocycles.